The van der Waals surface area contributed by atoms with Crippen LogP contribution in [0.2, 0.25) is 0 Å². The van der Waals surface area contributed by atoms with Gasteiger partial charge < -0.3 is 5.73 Å². The summed E-state index contributed by atoms with van der Waals surface area (Å²) in [7, 11) is 0. The summed E-state index contributed by atoms with van der Waals surface area (Å²) in [5, 5.41) is 4.28. The van der Waals surface area contributed by atoms with E-state index in [-0.39, 0.29) is 0 Å². The molecule has 0 saturated heterocycles. The van der Waals surface area contributed by atoms with Crippen molar-refractivity contribution in [3.05, 3.63) is 29.3 Å². The summed E-state index contributed by atoms with van der Waals surface area (Å²) in [5.41, 5.74) is 9.22. The Kier molecular flexibility index (Phi) is 2.15. The predicted octanol–water partition coefficient (Wildman–Crippen LogP) is 1.17. The maximum absolute atomic E-state index is 5.83. The number of hydrogen-bond donors (Lipinski definition) is 1. The minimum absolute atomic E-state index is 0.554. The average molecular weight is 203 g/mol. The SMILES string of the molecule is Cc1cnc(-n2nc(C)c(N)c2C)nc1. The Bertz CT molecular complexity index is 483. The van der Waals surface area contributed by atoms with E-state index in [4.69, 9.17) is 5.73 Å². The fourth-order valence-corrected chi connectivity index (χ4v) is 1.34. The van der Waals surface area contributed by atoms with Crippen molar-refractivity contribution < 1.29 is 0 Å². The molecule has 0 fully saturated rings. The Hall–Kier alpha value is -1.91. The van der Waals surface area contributed by atoms with Crippen LogP contribution in [0.1, 0.15) is 17.0 Å². The van der Waals surface area contributed by atoms with Crippen molar-refractivity contribution in [2.24, 2.45) is 0 Å². The number of nitrogens with zero attached hydrogens (tertiary/aromatic N) is 4. The summed E-state index contributed by atoms with van der Waals surface area (Å²) < 4.78 is 1.66. The topological polar surface area (TPSA) is 69.6 Å². The van der Waals surface area contributed by atoms with E-state index in [2.05, 4.69) is 15.1 Å². The number of hydrogen-bond acceptors (Lipinski definition) is 4. The Labute approximate surface area is 88.0 Å². The van der Waals surface area contributed by atoms with Crippen molar-refractivity contribution >= 4 is 5.69 Å². The first kappa shape index (κ1) is 9.64. The van der Waals surface area contributed by atoms with Crippen molar-refractivity contribution in [1.82, 2.24) is 19.7 Å². The van der Waals surface area contributed by atoms with Crippen LogP contribution in [0, 0.1) is 20.8 Å². The predicted molar refractivity (Wildman–Crippen MR) is 57.8 cm³/mol. The molecule has 15 heavy (non-hydrogen) atoms. The lowest BCUT2D eigenvalue weighted by molar-refractivity contribution is 0.772. The largest absolute Gasteiger partial charge is 0.396 e. The fourth-order valence-electron chi connectivity index (χ4n) is 1.34. The minimum atomic E-state index is 0.554. The molecule has 2 rings (SSSR count). The highest BCUT2D eigenvalue weighted by molar-refractivity contribution is 5.48. The second-order valence-corrected chi connectivity index (χ2v) is 3.56. The van der Waals surface area contributed by atoms with Gasteiger partial charge in [0.25, 0.3) is 5.95 Å². The molecule has 0 atom stereocenters. The smallest absolute Gasteiger partial charge is 0.250 e. The zero-order chi connectivity index (χ0) is 11.0. The van der Waals surface area contributed by atoms with E-state index in [0.717, 1.165) is 17.0 Å². The van der Waals surface area contributed by atoms with Gasteiger partial charge in [-0.1, -0.05) is 0 Å². The van der Waals surface area contributed by atoms with Crippen LogP contribution < -0.4 is 5.73 Å². The normalized spacial score (nSPS) is 10.6. The van der Waals surface area contributed by atoms with Gasteiger partial charge in [-0.3, -0.25) is 0 Å². The number of rotatable bonds is 1. The van der Waals surface area contributed by atoms with Gasteiger partial charge in [-0.25, -0.2) is 14.6 Å². The van der Waals surface area contributed by atoms with E-state index < -0.39 is 0 Å². The van der Waals surface area contributed by atoms with Crippen LogP contribution in [0.5, 0.6) is 0 Å². The van der Waals surface area contributed by atoms with Gasteiger partial charge in [-0.15, -0.1) is 0 Å². The number of nitrogens with two attached hydrogens (primary N) is 1. The Morgan fingerprint density at radius 2 is 1.73 bits per heavy atom. The number of aromatic nitrogens is 4. The summed E-state index contributed by atoms with van der Waals surface area (Å²) in [4.78, 5) is 8.40. The van der Waals surface area contributed by atoms with Gasteiger partial charge in [-0.05, 0) is 26.3 Å². The number of anilines is 1. The molecule has 2 aromatic heterocycles. The maximum atomic E-state index is 5.83. The minimum Gasteiger partial charge on any atom is -0.396 e. The van der Waals surface area contributed by atoms with Crippen LogP contribution in [-0.2, 0) is 0 Å². The zero-order valence-corrected chi connectivity index (χ0v) is 9.02. The maximum Gasteiger partial charge on any atom is 0.250 e. The third-order valence-corrected chi connectivity index (χ3v) is 2.30. The van der Waals surface area contributed by atoms with Gasteiger partial charge in [0.05, 0.1) is 17.1 Å². The second-order valence-electron chi connectivity index (χ2n) is 3.56. The summed E-state index contributed by atoms with van der Waals surface area (Å²) in [6, 6.07) is 0. The molecule has 0 unspecified atom stereocenters. The molecule has 0 saturated carbocycles. The highest BCUT2D eigenvalue weighted by Gasteiger charge is 2.10. The van der Waals surface area contributed by atoms with E-state index in [9.17, 15) is 0 Å². The molecule has 0 aliphatic rings. The quantitative estimate of drug-likeness (QED) is 0.755. The Morgan fingerprint density at radius 1 is 1.13 bits per heavy atom. The van der Waals surface area contributed by atoms with Crippen LogP contribution >= 0.6 is 0 Å². The van der Waals surface area contributed by atoms with E-state index >= 15 is 0 Å². The van der Waals surface area contributed by atoms with Gasteiger partial charge >= 0.3 is 0 Å². The molecule has 78 valence electrons. The molecule has 0 amide bonds. The van der Waals surface area contributed by atoms with Gasteiger partial charge in [0, 0.05) is 12.4 Å². The molecule has 0 bridgehead atoms. The van der Waals surface area contributed by atoms with Crippen molar-refractivity contribution in [1.29, 1.82) is 0 Å². The van der Waals surface area contributed by atoms with Crippen LogP contribution in [0.15, 0.2) is 12.4 Å². The molecule has 2 aromatic rings. The van der Waals surface area contributed by atoms with E-state index in [1.807, 2.05) is 20.8 Å². The van der Waals surface area contributed by atoms with E-state index in [0.29, 0.717) is 11.6 Å². The molecule has 0 aliphatic heterocycles. The first-order valence-electron chi connectivity index (χ1n) is 4.70. The summed E-state index contributed by atoms with van der Waals surface area (Å²) in [6.45, 7) is 5.71. The summed E-state index contributed by atoms with van der Waals surface area (Å²) in [6.07, 6.45) is 3.52. The molecule has 0 radical (unpaired) electrons. The third-order valence-electron chi connectivity index (χ3n) is 2.30. The first-order valence-corrected chi connectivity index (χ1v) is 4.70. The van der Waals surface area contributed by atoms with Crippen molar-refractivity contribution in [2.75, 3.05) is 5.73 Å². The van der Waals surface area contributed by atoms with Gasteiger partial charge in [0.2, 0.25) is 0 Å². The van der Waals surface area contributed by atoms with Gasteiger partial charge in [0.1, 0.15) is 0 Å². The number of aryl methyl sites for hydroxylation is 2. The molecule has 0 aromatic carbocycles. The molecule has 2 N–H and O–H groups in total. The fraction of sp³-hybridized carbons (Fsp3) is 0.300. The zero-order valence-electron chi connectivity index (χ0n) is 9.02. The molecule has 5 heteroatoms. The van der Waals surface area contributed by atoms with Crippen LogP contribution in [0.3, 0.4) is 0 Å². The highest BCUT2D eigenvalue weighted by atomic mass is 15.4. The van der Waals surface area contributed by atoms with Crippen LogP contribution in [-0.4, -0.2) is 19.7 Å². The van der Waals surface area contributed by atoms with Gasteiger partial charge in [-0.2, -0.15) is 5.10 Å². The first-order chi connectivity index (χ1) is 7.09. The summed E-state index contributed by atoms with van der Waals surface area (Å²) >= 11 is 0. The third kappa shape index (κ3) is 1.56. The summed E-state index contributed by atoms with van der Waals surface area (Å²) in [5.74, 6) is 0.554. The Balaban J connectivity index is 2.54. The molecular formula is C10H13N5. The lowest BCUT2D eigenvalue weighted by Gasteiger charge is -2.01. The monoisotopic (exact) mass is 203 g/mol. The van der Waals surface area contributed by atoms with Crippen molar-refractivity contribution in [3.63, 3.8) is 0 Å². The average Bonchev–Trinajstić information content (AvgIpc) is 2.47. The molecular weight excluding hydrogens is 190 g/mol. The van der Waals surface area contributed by atoms with Crippen molar-refractivity contribution in [2.45, 2.75) is 20.8 Å². The number of nitrogen functional groups attached to an aromatic ring is 1. The molecule has 5 nitrogen and oxygen atoms in total. The molecule has 0 spiro atoms. The molecule has 2 heterocycles. The van der Waals surface area contributed by atoms with E-state index in [1.165, 1.54) is 0 Å². The van der Waals surface area contributed by atoms with Gasteiger partial charge in [0.15, 0.2) is 0 Å². The molecule has 0 aliphatic carbocycles. The second kappa shape index (κ2) is 3.34. The van der Waals surface area contributed by atoms with Crippen LogP contribution in [0.25, 0.3) is 5.95 Å². The standard InChI is InChI=1S/C10H13N5/c1-6-4-12-10(13-5-6)15-8(3)9(11)7(2)14-15/h4-5H,11H2,1-3H3. The van der Waals surface area contributed by atoms with E-state index in [1.54, 1.807) is 17.1 Å². The lowest BCUT2D eigenvalue weighted by atomic mass is 10.3. The van der Waals surface area contributed by atoms with Crippen LogP contribution in [0.4, 0.5) is 5.69 Å². The Morgan fingerprint density at radius 3 is 2.20 bits per heavy atom. The lowest BCUT2D eigenvalue weighted by Crippen LogP contribution is -2.04. The van der Waals surface area contributed by atoms with Crippen molar-refractivity contribution in [3.8, 4) is 5.95 Å². The highest BCUT2D eigenvalue weighted by Crippen LogP contribution is 2.16.